The molecular weight excluding hydrogens is 444 g/mol. The number of aromatic nitrogens is 4. The maximum absolute atomic E-state index is 4.85. The van der Waals surface area contributed by atoms with Crippen LogP contribution in [0.5, 0.6) is 0 Å². The molecule has 0 aliphatic carbocycles. The van der Waals surface area contributed by atoms with Crippen LogP contribution in [0.1, 0.15) is 25.3 Å². The van der Waals surface area contributed by atoms with E-state index in [0.29, 0.717) is 5.92 Å². The molecule has 0 atom stereocenters. The zero-order valence-corrected chi connectivity index (χ0v) is 20.7. The molecule has 3 aromatic rings. The zero-order valence-electron chi connectivity index (χ0n) is 19.9. The van der Waals surface area contributed by atoms with Crippen LogP contribution in [-0.4, -0.2) is 58.9 Å². The van der Waals surface area contributed by atoms with Gasteiger partial charge in [-0.3, -0.25) is 0 Å². The van der Waals surface area contributed by atoms with Crippen LogP contribution in [0.2, 0.25) is 0 Å². The molecule has 0 saturated carbocycles. The lowest BCUT2D eigenvalue weighted by molar-refractivity contribution is 0.400. The Kier molecular flexibility index (Phi) is 6.99. The molecule has 0 bridgehead atoms. The lowest BCUT2D eigenvalue weighted by atomic mass is 9.96. The first kappa shape index (κ1) is 22.7. The van der Waals surface area contributed by atoms with Gasteiger partial charge in [-0.1, -0.05) is 11.8 Å². The minimum absolute atomic E-state index is 0.619. The number of hydrogen-bond donors (Lipinski definition) is 2. The van der Waals surface area contributed by atoms with Crippen LogP contribution in [0.25, 0.3) is 0 Å². The highest BCUT2D eigenvalue weighted by Crippen LogP contribution is 2.29. The summed E-state index contributed by atoms with van der Waals surface area (Å²) in [6, 6.07) is 10.4. The van der Waals surface area contributed by atoms with E-state index in [1.165, 1.54) is 11.3 Å². The number of benzene rings is 1. The van der Waals surface area contributed by atoms with Crippen LogP contribution in [0.15, 0.2) is 47.9 Å². The smallest absolute Gasteiger partial charge is 0.225 e. The largest absolute Gasteiger partial charge is 0.384 e. The number of thioether (sulfide) groups is 1. The molecule has 4 heterocycles. The highest BCUT2D eigenvalue weighted by Gasteiger charge is 2.23. The Morgan fingerprint density at radius 1 is 1.15 bits per heavy atom. The van der Waals surface area contributed by atoms with Crippen LogP contribution in [0, 0.1) is 5.92 Å². The number of piperidine rings is 1. The highest BCUT2D eigenvalue weighted by molar-refractivity contribution is 7.98. The van der Waals surface area contributed by atoms with Crippen molar-refractivity contribution < 1.29 is 0 Å². The van der Waals surface area contributed by atoms with Crippen LogP contribution < -0.4 is 20.4 Å². The Morgan fingerprint density at radius 2 is 1.97 bits per heavy atom. The predicted octanol–water partition coefficient (Wildman–Crippen LogP) is 4.44. The number of rotatable bonds is 8. The van der Waals surface area contributed by atoms with Gasteiger partial charge in [0.15, 0.2) is 5.16 Å². The van der Waals surface area contributed by atoms with E-state index in [1.54, 1.807) is 11.8 Å². The first-order chi connectivity index (χ1) is 16.7. The molecule has 1 fully saturated rings. The van der Waals surface area contributed by atoms with Gasteiger partial charge in [0, 0.05) is 62.6 Å². The van der Waals surface area contributed by atoms with E-state index >= 15 is 0 Å². The van der Waals surface area contributed by atoms with E-state index in [0.717, 1.165) is 80.4 Å². The van der Waals surface area contributed by atoms with Gasteiger partial charge in [-0.25, -0.2) is 19.9 Å². The Bertz CT molecular complexity index is 1100. The number of hydrogen-bond acceptors (Lipinski definition) is 9. The summed E-state index contributed by atoms with van der Waals surface area (Å²) in [6.07, 6.45) is 8.98. The first-order valence-electron chi connectivity index (χ1n) is 12.1. The Labute approximate surface area is 205 Å². The standard InChI is InChI=1S/C25H32N8S/c1-3-32(17-18-8-13-33(14-9-18)24-27-10-4-11-28-24)23-16-22(30-25(31-23)34-2)29-20-5-6-21-19(15-20)7-12-26-21/h4-6,10-11,15-16,18,26H,3,7-9,12-14,17H2,1-2H3,(H,29,30,31). The molecule has 178 valence electrons. The molecule has 1 saturated heterocycles. The van der Waals surface area contributed by atoms with Gasteiger partial charge in [0.1, 0.15) is 11.6 Å². The average Bonchev–Trinajstić information content (AvgIpc) is 3.36. The average molecular weight is 477 g/mol. The summed E-state index contributed by atoms with van der Waals surface area (Å²) in [5.74, 6) is 3.29. The van der Waals surface area contributed by atoms with Crippen molar-refractivity contribution in [1.29, 1.82) is 0 Å². The number of anilines is 5. The normalized spacial score (nSPS) is 15.6. The summed E-state index contributed by atoms with van der Waals surface area (Å²) in [5, 5.41) is 7.72. The van der Waals surface area contributed by atoms with E-state index in [-0.39, 0.29) is 0 Å². The van der Waals surface area contributed by atoms with Crippen molar-refractivity contribution in [1.82, 2.24) is 19.9 Å². The van der Waals surface area contributed by atoms with Crippen molar-refractivity contribution in [2.75, 3.05) is 59.4 Å². The van der Waals surface area contributed by atoms with Crippen molar-refractivity contribution in [2.24, 2.45) is 5.92 Å². The molecule has 34 heavy (non-hydrogen) atoms. The van der Waals surface area contributed by atoms with Gasteiger partial charge < -0.3 is 20.4 Å². The topological polar surface area (TPSA) is 82.1 Å². The van der Waals surface area contributed by atoms with Crippen LogP contribution in [0.3, 0.4) is 0 Å². The minimum atomic E-state index is 0.619. The number of fused-ring (bicyclic) bond motifs is 1. The van der Waals surface area contributed by atoms with Crippen molar-refractivity contribution >= 4 is 40.7 Å². The molecule has 8 nitrogen and oxygen atoms in total. The second-order valence-electron chi connectivity index (χ2n) is 8.79. The van der Waals surface area contributed by atoms with E-state index < -0.39 is 0 Å². The van der Waals surface area contributed by atoms with Gasteiger partial charge in [-0.2, -0.15) is 0 Å². The van der Waals surface area contributed by atoms with Crippen molar-refractivity contribution in [3.8, 4) is 0 Å². The van der Waals surface area contributed by atoms with Crippen molar-refractivity contribution in [3.05, 3.63) is 48.3 Å². The van der Waals surface area contributed by atoms with E-state index in [1.807, 2.05) is 24.7 Å². The third-order valence-electron chi connectivity index (χ3n) is 6.60. The SMILES string of the molecule is CCN(CC1CCN(c2ncccn2)CC1)c1cc(Nc2ccc3c(c2)CCN3)nc(SC)n1. The maximum atomic E-state index is 4.85. The Balaban J connectivity index is 1.27. The predicted molar refractivity (Wildman–Crippen MR) is 141 cm³/mol. The molecule has 2 aromatic heterocycles. The molecule has 2 aliphatic rings. The quantitative estimate of drug-likeness (QED) is 0.362. The summed E-state index contributed by atoms with van der Waals surface area (Å²) in [6.45, 7) is 7.11. The molecule has 1 aromatic carbocycles. The highest BCUT2D eigenvalue weighted by atomic mass is 32.2. The zero-order chi connectivity index (χ0) is 23.3. The van der Waals surface area contributed by atoms with Crippen molar-refractivity contribution in [2.45, 2.75) is 31.3 Å². The molecular formula is C25H32N8S. The summed E-state index contributed by atoms with van der Waals surface area (Å²) in [4.78, 5) is 23.1. The van der Waals surface area contributed by atoms with Gasteiger partial charge in [-0.15, -0.1) is 0 Å². The fourth-order valence-corrected chi connectivity index (χ4v) is 5.10. The monoisotopic (exact) mass is 476 g/mol. The van der Waals surface area contributed by atoms with Gasteiger partial charge in [0.25, 0.3) is 0 Å². The van der Waals surface area contributed by atoms with E-state index in [2.05, 4.69) is 61.6 Å². The Morgan fingerprint density at radius 3 is 2.74 bits per heavy atom. The Hall–Kier alpha value is -3.07. The lowest BCUT2D eigenvalue weighted by Gasteiger charge is -2.35. The van der Waals surface area contributed by atoms with Gasteiger partial charge >= 0.3 is 0 Å². The van der Waals surface area contributed by atoms with E-state index in [4.69, 9.17) is 9.97 Å². The van der Waals surface area contributed by atoms with Gasteiger partial charge in [0.05, 0.1) is 0 Å². The second-order valence-corrected chi connectivity index (χ2v) is 9.56. The third-order valence-corrected chi connectivity index (χ3v) is 7.14. The molecule has 5 rings (SSSR count). The summed E-state index contributed by atoms with van der Waals surface area (Å²) in [5.41, 5.74) is 3.66. The minimum Gasteiger partial charge on any atom is -0.384 e. The first-order valence-corrected chi connectivity index (χ1v) is 13.3. The molecule has 0 amide bonds. The fourth-order valence-electron chi connectivity index (χ4n) is 4.73. The molecule has 0 unspecified atom stereocenters. The summed E-state index contributed by atoms with van der Waals surface area (Å²) >= 11 is 1.58. The third kappa shape index (κ3) is 5.19. The summed E-state index contributed by atoms with van der Waals surface area (Å²) < 4.78 is 0. The van der Waals surface area contributed by atoms with E-state index in [9.17, 15) is 0 Å². The van der Waals surface area contributed by atoms with Gasteiger partial charge in [-0.05, 0) is 68.2 Å². The van der Waals surface area contributed by atoms with Crippen LogP contribution in [-0.2, 0) is 6.42 Å². The molecule has 2 aliphatic heterocycles. The molecule has 0 spiro atoms. The molecule has 2 N–H and O–H groups in total. The maximum Gasteiger partial charge on any atom is 0.225 e. The second kappa shape index (κ2) is 10.5. The molecule has 0 radical (unpaired) electrons. The van der Waals surface area contributed by atoms with Gasteiger partial charge in [0.2, 0.25) is 5.95 Å². The number of nitrogens with zero attached hydrogens (tertiary/aromatic N) is 6. The fraction of sp³-hybridized carbons (Fsp3) is 0.440. The van der Waals surface area contributed by atoms with Crippen LogP contribution >= 0.6 is 11.8 Å². The lowest BCUT2D eigenvalue weighted by Crippen LogP contribution is -2.39. The molecule has 9 heteroatoms. The number of nitrogens with one attached hydrogen (secondary N) is 2. The van der Waals surface area contributed by atoms with Crippen molar-refractivity contribution in [3.63, 3.8) is 0 Å². The van der Waals surface area contributed by atoms with Crippen LogP contribution in [0.4, 0.5) is 29.0 Å². The summed E-state index contributed by atoms with van der Waals surface area (Å²) in [7, 11) is 0.